The van der Waals surface area contributed by atoms with Crippen molar-refractivity contribution in [3.8, 4) is 5.75 Å². The molecule has 2 aromatic rings. The molecule has 6 nitrogen and oxygen atoms in total. The normalized spacial score (nSPS) is 15.8. The summed E-state index contributed by atoms with van der Waals surface area (Å²) in [5, 5.41) is 3.36. The summed E-state index contributed by atoms with van der Waals surface area (Å²) in [7, 11) is -1.37. The lowest BCUT2D eigenvalue weighted by atomic mass is 9.90. The number of rotatable bonds is 7. The molecule has 3 rings (SSSR count). The molecule has 0 radical (unpaired) electrons. The zero-order valence-electron chi connectivity index (χ0n) is 17.8. The number of likely N-dealkylation sites (tertiary alicyclic amines) is 1. The van der Waals surface area contributed by atoms with E-state index in [9.17, 15) is 8.42 Å². The van der Waals surface area contributed by atoms with E-state index in [-0.39, 0.29) is 0 Å². The van der Waals surface area contributed by atoms with Crippen molar-refractivity contribution in [2.75, 3.05) is 39.5 Å². The van der Waals surface area contributed by atoms with Crippen LogP contribution in [0.2, 0.25) is 0 Å². The van der Waals surface area contributed by atoms with Crippen LogP contribution < -0.4 is 10.1 Å². The van der Waals surface area contributed by atoms with E-state index in [0.29, 0.717) is 23.8 Å². The first kappa shape index (κ1) is 22.2. The molecule has 1 N–H and O–H groups in total. The van der Waals surface area contributed by atoms with Crippen LogP contribution >= 0.6 is 0 Å². The monoisotopic (exact) mass is 429 g/mol. The Kier molecular flexibility index (Phi) is 7.74. The Hall–Kier alpha value is -2.54. The smallest absolute Gasteiger partial charge is 0.193 e. The molecule has 0 saturated carbocycles. The minimum Gasteiger partial charge on any atom is -0.492 e. The lowest BCUT2D eigenvalue weighted by Crippen LogP contribution is -2.46. The lowest BCUT2D eigenvalue weighted by Gasteiger charge is -2.34. The Morgan fingerprint density at radius 3 is 2.37 bits per heavy atom. The third kappa shape index (κ3) is 6.49. The summed E-state index contributed by atoms with van der Waals surface area (Å²) < 4.78 is 28.7. The molecule has 0 amide bonds. The summed E-state index contributed by atoms with van der Waals surface area (Å²) in [6.45, 7) is 3.11. The van der Waals surface area contributed by atoms with Gasteiger partial charge in [-0.25, -0.2) is 8.42 Å². The summed E-state index contributed by atoms with van der Waals surface area (Å²) in [5.41, 5.74) is 1.42. The van der Waals surface area contributed by atoms with Crippen molar-refractivity contribution in [3.63, 3.8) is 0 Å². The average molecular weight is 430 g/mol. The van der Waals surface area contributed by atoms with Crippen molar-refractivity contribution in [1.29, 1.82) is 0 Å². The van der Waals surface area contributed by atoms with E-state index in [1.54, 1.807) is 24.3 Å². The van der Waals surface area contributed by atoms with Gasteiger partial charge in [-0.3, -0.25) is 4.99 Å². The van der Waals surface area contributed by atoms with Crippen molar-refractivity contribution in [1.82, 2.24) is 10.2 Å². The SMILES string of the molecule is CN=C(NCCOc1ccc(S(C)(=O)=O)cc1)N1CCC(Cc2ccccc2)CC1. The van der Waals surface area contributed by atoms with E-state index in [2.05, 4.69) is 45.5 Å². The van der Waals surface area contributed by atoms with Crippen molar-refractivity contribution in [2.45, 2.75) is 24.2 Å². The van der Waals surface area contributed by atoms with Crippen LogP contribution in [-0.4, -0.2) is 58.8 Å². The Labute approximate surface area is 179 Å². The van der Waals surface area contributed by atoms with E-state index in [0.717, 1.165) is 31.4 Å². The van der Waals surface area contributed by atoms with Gasteiger partial charge in [-0.1, -0.05) is 30.3 Å². The summed E-state index contributed by atoms with van der Waals surface area (Å²) >= 11 is 0. The molecule has 1 saturated heterocycles. The highest BCUT2D eigenvalue weighted by atomic mass is 32.2. The fraction of sp³-hybridized carbons (Fsp3) is 0.435. The Morgan fingerprint density at radius 2 is 1.77 bits per heavy atom. The van der Waals surface area contributed by atoms with Crippen LogP contribution in [0.3, 0.4) is 0 Å². The molecule has 0 spiro atoms. The summed E-state index contributed by atoms with van der Waals surface area (Å²) in [4.78, 5) is 7.02. The second-order valence-electron chi connectivity index (χ2n) is 7.69. The van der Waals surface area contributed by atoms with Crippen molar-refractivity contribution < 1.29 is 13.2 Å². The molecule has 1 aliphatic heterocycles. The highest BCUT2D eigenvalue weighted by Crippen LogP contribution is 2.21. The summed E-state index contributed by atoms with van der Waals surface area (Å²) in [5.74, 6) is 2.28. The molecule has 0 atom stereocenters. The molecule has 7 heteroatoms. The van der Waals surface area contributed by atoms with Crippen molar-refractivity contribution >= 4 is 15.8 Å². The molecule has 1 heterocycles. The molecule has 162 valence electrons. The molecule has 30 heavy (non-hydrogen) atoms. The van der Waals surface area contributed by atoms with Gasteiger partial charge in [0, 0.05) is 26.4 Å². The predicted molar refractivity (Wildman–Crippen MR) is 121 cm³/mol. The largest absolute Gasteiger partial charge is 0.492 e. The van der Waals surface area contributed by atoms with Gasteiger partial charge in [0.15, 0.2) is 15.8 Å². The van der Waals surface area contributed by atoms with Crippen LogP contribution in [0.4, 0.5) is 0 Å². The highest BCUT2D eigenvalue weighted by molar-refractivity contribution is 7.90. The number of sulfone groups is 1. The molecular weight excluding hydrogens is 398 g/mol. The van der Waals surface area contributed by atoms with Gasteiger partial charge in [0.05, 0.1) is 11.4 Å². The third-order valence-electron chi connectivity index (χ3n) is 5.40. The maximum absolute atomic E-state index is 11.5. The van der Waals surface area contributed by atoms with Gasteiger partial charge in [-0.2, -0.15) is 0 Å². The maximum atomic E-state index is 11.5. The zero-order valence-corrected chi connectivity index (χ0v) is 18.6. The minimum atomic E-state index is -3.18. The first-order chi connectivity index (χ1) is 14.5. The second kappa shape index (κ2) is 10.5. The van der Waals surface area contributed by atoms with E-state index in [1.807, 2.05) is 7.05 Å². The van der Waals surface area contributed by atoms with Crippen LogP contribution in [0, 0.1) is 5.92 Å². The number of piperidine rings is 1. The molecule has 2 aromatic carbocycles. The lowest BCUT2D eigenvalue weighted by molar-refractivity contribution is 0.256. The molecule has 1 aliphatic rings. The van der Waals surface area contributed by atoms with Crippen LogP contribution in [0.5, 0.6) is 5.75 Å². The molecule has 0 aliphatic carbocycles. The summed E-state index contributed by atoms with van der Waals surface area (Å²) in [6, 6.07) is 17.2. The number of hydrogen-bond acceptors (Lipinski definition) is 4. The standard InChI is InChI=1S/C23H31N3O3S/c1-24-23(25-14-17-29-21-8-10-22(11-9-21)30(2,27)28)26-15-12-20(13-16-26)18-19-6-4-3-5-7-19/h3-11,20H,12-18H2,1-2H3,(H,24,25). The highest BCUT2D eigenvalue weighted by Gasteiger charge is 2.21. The van der Waals surface area contributed by atoms with E-state index < -0.39 is 9.84 Å². The van der Waals surface area contributed by atoms with Crippen LogP contribution in [-0.2, 0) is 16.3 Å². The van der Waals surface area contributed by atoms with Gasteiger partial charge in [0.2, 0.25) is 0 Å². The number of benzene rings is 2. The minimum absolute atomic E-state index is 0.295. The van der Waals surface area contributed by atoms with Crippen molar-refractivity contribution in [2.24, 2.45) is 10.9 Å². The van der Waals surface area contributed by atoms with Gasteiger partial charge < -0.3 is 15.0 Å². The van der Waals surface area contributed by atoms with Gasteiger partial charge in [0.1, 0.15) is 12.4 Å². The fourth-order valence-electron chi connectivity index (χ4n) is 3.74. The molecular formula is C23H31N3O3S. The van der Waals surface area contributed by atoms with Crippen LogP contribution in [0.25, 0.3) is 0 Å². The van der Waals surface area contributed by atoms with E-state index in [4.69, 9.17) is 4.74 Å². The third-order valence-corrected chi connectivity index (χ3v) is 6.53. The fourth-order valence-corrected chi connectivity index (χ4v) is 4.37. The van der Waals surface area contributed by atoms with Gasteiger partial charge in [-0.15, -0.1) is 0 Å². The van der Waals surface area contributed by atoms with E-state index in [1.165, 1.54) is 24.7 Å². The zero-order chi connectivity index (χ0) is 21.4. The topological polar surface area (TPSA) is 71.0 Å². The Balaban J connectivity index is 1.39. The van der Waals surface area contributed by atoms with Crippen molar-refractivity contribution in [3.05, 3.63) is 60.2 Å². The first-order valence-electron chi connectivity index (χ1n) is 10.4. The van der Waals surface area contributed by atoms with Crippen LogP contribution in [0.15, 0.2) is 64.5 Å². The number of hydrogen-bond donors (Lipinski definition) is 1. The average Bonchev–Trinajstić information content (AvgIpc) is 2.75. The molecule has 0 aromatic heterocycles. The molecule has 0 bridgehead atoms. The Bertz CT molecular complexity index is 920. The quantitative estimate of drug-likeness (QED) is 0.416. The number of nitrogens with one attached hydrogen (secondary N) is 1. The summed E-state index contributed by atoms with van der Waals surface area (Å²) in [6.07, 6.45) is 4.67. The van der Waals surface area contributed by atoms with E-state index >= 15 is 0 Å². The predicted octanol–water partition coefficient (Wildman–Crippen LogP) is 3.00. The second-order valence-corrected chi connectivity index (χ2v) is 9.70. The molecule has 0 unspecified atom stereocenters. The van der Waals surface area contributed by atoms with Crippen LogP contribution in [0.1, 0.15) is 18.4 Å². The number of aliphatic imine (C=N–C) groups is 1. The molecule has 1 fully saturated rings. The van der Waals surface area contributed by atoms with Gasteiger partial charge >= 0.3 is 0 Å². The van der Waals surface area contributed by atoms with Gasteiger partial charge in [-0.05, 0) is 55.0 Å². The number of nitrogens with zero attached hydrogens (tertiary/aromatic N) is 2. The Morgan fingerprint density at radius 1 is 1.10 bits per heavy atom. The number of ether oxygens (including phenoxy) is 1. The number of guanidine groups is 1. The van der Waals surface area contributed by atoms with Gasteiger partial charge in [0.25, 0.3) is 0 Å². The first-order valence-corrected chi connectivity index (χ1v) is 12.3. The maximum Gasteiger partial charge on any atom is 0.193 e.